The van der Waals surface area contributed by atoms with Crippen LogP contribution in [0.3, 0.4) is 0 Å². The molecule has 1 rings (SSSR count). The summed E-state index contributed by atoms with van der Waals surface area (Å²) >= 11 is 0. The van der Waals surface area contributed by atoms with E-state index in [2.05, 4.69) is 32.3 Å². The largest absolute Gasteiger partial charge is 0.373 e. The topological polar surface area (TPSA) is 12.5 Å². The van der Waals surface area contributed by atoms with Crippen molar-refractivity contribution < 1.29 is 4.74 Å². The van der Waals surface area contributed by atoms with Crippen molar-refractivity contribution in [2.24, 2.45) is 0 Å². The van der Waals surface area contributed by atoms with Crippen molar-refractivity contribution in [1.29, 1.82) is 0 Å². The Morgan fingerprint density at radius 1 is 1.62 bits per heavy atom. The maximum atomic E-state index is 5.78. The maximum Gasteiger partial charge on any atom is 0.0703 e. The highest BCUT2D eigenvalue weighted by atomic mass is 16.5. The van der Waals surface area contributed by atoms with Gasteiger partial charge in [-0.2, -0.15) is 0 Å². The molecule has 0 aromatic rings. The van der Waals surface area contributed by atoms with Gasteiger partial charge < -0.3 is 4.74 Å². The highest BCUT2D eigenvalue weighted by molar-refractivity contribution is 4.88. The first-order chi connectivity index (χ1) is 6.17. The van der Waals surface area contributed by atoms with Gasteiger partial charge in [0.25, 0.3) is 0 Å². The van der Waals surface area contributed by atoms with E-state index in [-0.39, 0.29) is 0 Å². The minimum absolute atomic E-state index is 0.362. The summed E-state index contributed by atoms with van der Waals surface area (Å²) in [4.78, 5) is 2.44. The third-order valence-corrected chi connectivity index (χ3v) is 2.73. The first-order valence-corrected chi connectivity index (χ1v) is 5.19. The van der Waals surface area contributed by atoms with Crippen molar-refractivity contribution in [3.8, 4) is 0 Å². The number of hydrogen-bond acceptors (Lipinski definition) is 2. The van der Waals surface area contributed by atoms with E-state index in [4.69, 9.17) is 4.74 Å². The summed E-state index contributed by atoms with van der Waals surface area (Å²) in [5.41, 5.74) is 0. The van der Waals surface area contributed by atoms with Crippen molar-refractivity contribution in [3.63, 3.8) is 0 Å². The van der Waals surface area contributed by atoms with E-state index in [0.717, 1.165) is 19.5 Å². The lowest BCUT2D eigenvalue weighted by Gasteiger charge is -2.38. The zero-order valence-electron chi connectivity index (χ0n) is 8.99. The van der Waals surface area contributed by atoms with Gasteiger partial charge in [-0.25, -0.2) is 0 Å². The van der Waals surface area contributed by atoms with E-state index in [0.29, 0.717) is 18.2 Å². The molecular formula is C11H21NO. The average molecular weight is 183 g/mol. The van der Waals surface area contributed by atoms with E-state index in [1.807, 2.05) is 6.08 Å². The second kappa shape index (κ2) is 4.77. The predicted octanol–water partition coefficient (Wildman–Crippen LogP) is 2.06. The average Bonchev–Trinajstić information content (AvgIpc) is 2.15. The van der Waals surface area contributed by atoms with Gasteiger partial charge in [-0.15, -0.1) is 6.58 Å². The Balaban J connectivity index is 2.51. The number of ether oxygens (including phenoxy) is 1. The molecule has 1 aliphatic heterocycles. The zero-order chi connectivity index (χ0) is 9.84. The molecule has 0 bridgehead atoms. The summed E-state index contributed by atoms with van der Waals surface area (Å²) in [7, 11) is 0. The van der Waals surface area contributed by atoms with E-state index >= 15 is 0 Å². The molecular weight excluding hydrogens is 162 g/mol. The highest BCUT2D eigenvalue weighted by Gasteiger charge is 2.25. The van der Waals surface area contributed by atoms with Gasteiger partial charge >= 0.3 is 0 Å². The van der Waals surface area contributed by atoms with E-state index in [1.54, 1.807) is 0 Å². The summed E-state index contributed by atoms with van der Waals surface area (Å²) in [6.07, 6.45) is 3.88. The first-order valence-electron chi connectivity index (χ1n) is 5.19. The van der Waals surface area contributed by atoms with Crippen molar-refractivity contribution in [1.82, 2.24) is 4.90 Å². The molecule has 1 aliphatic rings. The van der Waals surface area contributed by atoms with Gasteiger partial charge in [0.2, 0.25) is 0 Å². The zero-order valence-corrected chi connectivity index (χ0v) is 8.99. The Morgan fingerprint density at radius 2 is 2.31 bits per heavy atom. The van der Waals surface area contributed by atoms with Gasteiger partial charge in [-0.3, -0.25) is 4.90 Å². The molecule has 2 nitrogen and oxygen atoms in total. The summed E-state index contributed by atoms with van der Waals surface area (Å²) in [5, 5.41) is 0. The molecule has 0 aromatic heterocycles. The standard InChI is InChI=1S/C11H21NO/c1-5-9(3)12-7-10(4)13-11(6-2)8-12/h5,9-11H,1,6-8H2,2-4H3. The molecule has 13 heavy (non-hydrogen) atoms. The number of nitrogens with zero attached hydrogens (tertiary/aromatic N) is 1. The Labute approximate surface area is 81.6 Å². The number of rotatable bonds is 3. The predicted molar refractivity (Wildman–Crippen MR) is 55.9 cm³/mol. The Morgan fingerprint density at radius 3 is 2.85 bits per heavy atom. The van der Waals surface area contributed by atoms with Crippen LogP contribution in [0.2, 0.25) is 0 Å². The highest BCUT2D eigenvalue weighted by Crippen LogP contribution is 2.15. The molecule has 0 amide bonds. The van der Waals surface area contributed by atoms with Crippen molar-refractivity contribution in [2.75, 3.05) is 13.1 Å². The summed E-state index contributed by atoms with van der Waals surface area (Å²) < 4.78 is 5.78. The van der Waals surface area contributed by atoms with E-state index in [9.17, 15) is 0 Å². The van der Waals surface area contributed by atoms with Gasteiger partial charge in [0.05, 0.1) is 12.2 Å². The third kappa shape index (κ3) is 2.82. The fourth-order valence-electron chi connectivity index (χ4n) is 1.79. The Kier molecular flexibility index (Phi) is 3.94. The van der Waals surface area contributed by atoms with Crippen LogP contribution in [0.15, 0.2) is 12.7 Å². The molecule has 0 spiro atoms. The van der Waals surface area contributed by atoms with Crippen LogP contribution >= 0.6 is 0 Å². The molecule has 1 heterocycles. The Bertz CT molecular complexity index is 169. The molecule has 2 heteroatoms. The smallest absolute Gasteiger partial charge is 0.0703 e. The second-order valence-electron chi connectivity index (χ2n) is 3.91. The molecule has 0 aliphatic carbocycles. The quantitative estimate of drug-likeness (QED) is 0.621. The van der Waals surface area contributed by atoms with Crippen LogP contribution in [0.25, 0.3) is 0 Å². The van der Waals surface area contributed by atoms with Crippen LogP contribution in [0.5, 0.6) is 0 Å². The van der Waals surface area contributed by atoms with Crippen LogP contribution < -0.4 is 0 Å². The van der Waals surface area contributed by atoms with Gasteiger partial charge in [-0.05, 0) is 20.3 Å². The Hall–Kier alpha value is -0.340. The van der Waals surface area contributed by atoms with E-state index < -0.39 is 0 Å². The van der Waals surface area contributed by atoms with Crippen molar-refractivity contribution in [2.45, 2.75) is 45.4 Å². The first kappa shape index (κ1) is 10.7. The van der Waals surface area contributed by atoms with Crippen LogP contribution in [0, 0.1) is 0 Å². The molecule has 1 saturated heterocycles. The minimum atomic E-state index is 0.362. The number of morpholine rings is 1. The third-order valence-electron chi connectivity index (χ3n) is 2.73. The molecule has 0 saturated carbocycles. The summed E-state index contributed by atoms with van der Waals surface area (Å²) in [5.74, 6) is 0. The second-order valence-corrected chi connectivity index (χ2v) is 3.91. The lowest BCUT2D eigenvalue weighted by atomic mass is 10.1. The van der Waals surface area contributed by atoms with Gasteiger partial charge in [0.15, 0.2) is 0 Å². The fraction of sp³-hybridized carbons (Fsp3) is 0.818. The molecule has 3 unspecified atom stereocenters. The minimum Gasteiger partial charge on any atom is -0.373 e. The van der Waals surface area contributed by atoms with Gasteiger partial charge in [-0.1, -0.05) is 13.0 Å². The molecule has 0 radical (unpaired) electrons. The lowest BCUT2D eigenvalue weighted by molar-refractivity contribution is -0.0830. The maximum absolute atomic E-state index is 5.78. The van der Waals surface area contributed by atoms with Gasteiger partial charge in [0.1, 0.15) is 0 Å². The normalized spacial score (nSPS) is 32.8. The van der Waals surface area contributed by atoms with Crippen molar-refractivity contribution in [3.05, 3.63) is 12.7 Å². The summed E-state index contributed by atoms with van der Waals surface area (Å²) in [6, 6.07) is 0.473. The van der Waals surface area contributed by atoms with Gasteiger partial charge in [0, 0.05) is 19.1 Å². The molecule has 0 N–H and O–H groups in total. The fourth-order valence-corrected chi connectivity index (χ4v) is 1.79. The molecule has 3 atom stereocenters. The van der Waals surface area contributed by atoms with Crippen LogP contribution in [-0.4, -0.2) is 36.2 Å². The number of hydrogen-bond donors (Lipinski definition) is 0. The van der Waals surface area contributed by atoms with E-state index in [1.165, 1.54) is 0 Å². The van der Waals surface area contributed by atoms with Crippen molar-refractivity contribution >= 4 is 0 Å². The SMILES string of the molecule is C=CC(C)N1CC(C)OC(CC)C1. The molecule has 76 valence electrons. The van der Waals surface area contributed by atoms with Crippen LogP contribution in [-0.2, 0) is 4.74 Å². The lowest BCUT2D eigenvalue weighted by Crippen LogP contribution is -2.49. The molecule has 1 fully saturated rings. The van der Waals surface area contributed by atoms with Crippen LogP contribution in [0.4, 0.5) is 0 Å². The molecule has 0 aromatic carbocycles. The van der Waals surface area contributed by atoms with Crippen LogP contribution in [0.1, 0.15) is 27.2 Å². The summed E-state index contributed by atoms with van der Waals surface area (Å²) in [6.45, 7) is 12.4. The monoisotopic (exact) mass is 183 g/mol.